The number of nitrogens with zero attached hydrogens (tertiary/aromatic N) is 1. The van der Waals surface area contributed by atoms with Gasteiger partial charge < -0.3 is 15.0 Å². The summed E-state index contributed by atoms with van der Waals surface area (Å²) < 4.78 is 6.16. The number of hydrogen-bond acceptors (Lipinski definition) is 3. The first-order valence-corrected chi connectivity index (χ1v) is 8.57. The third-order valence-corrected chi connectivity index (χ3v) is 4.99. The van der Waals surface area contributed by atoms with Crippen LogP contribution < -0.4 is 15.0 Å². The molecule has 1 aromatic carbocycles. The van der Waals surface area contributed by atoms with Gasteiger partial charge in [0.1, 0.15) is 5.75 Å². The molecule has 0 bridgehead atoms. The average Bonchev–Trinajstić information content (AvgIpc) is 2.57. The Bertz CT molecular complexity index is 417. The molecule has 1 saturated carbocycles. The smallest absolute Gasteiger partial charge is 0.119 e. The second kappa shape index (κ2) is 7.17. The van der Waals surface area contributed by atoms with E-state index in [1.54, 1.807) is 0 Å². The maximum absolute atomic E-state index is 6.16. The van der Waals surface area contributed by atoms with E-state index in [1.807, 2.05) is 0 Å². The zero-order valence-corrected chi connectivity index (χ0v) is 13.2. The van der Waals surface area contributed by atoms with Gasteiger partial charge in [-0.1, -0.05) is 13.3 Å². The second-order valence-electron chi connectivity index (χ2n) is 6.40. The summed E-state index contributed by atoms with van der Waals surface area (Å²) in [6.07, 6.45) is 6.86. The predicted molar refractivity (Wildman–Crippen MR) is 88.2 cm³/mol. The fourth-order valence-corrected chi connectivity index (χ4v) is 3.51. The van der Waals surface area contributed by atoms with Gasteiger partial charge in [-0.05, 0) is 55.9 Å². The molecule has 1 aliphatic carbocycles. The van der Waals surface area contributed by atoms with Gasteiger partial charge in [-0.2, -0.15) is 0 Å². The Labute approximate surface area is 128 Å². The van der Waals surface area contributed by atoms with Crippen LogP contribution in [0.4, 0.5) is 5.69 Å². The van der Waals surface area contributed by atoms with Crippen molar-refractivity contribution < 1.29 is 4.74 Å². The minimum absolute atomic E-state index is 0.429. The van der Waals surface area contributed by atoms with Crippen molar-refractivity contribution in [2.75, 3.05) is 31.1 Å². The number of anilines is 1. The summed E-state index contributed by atoms with van der Waals surface area (Å²) in [7, 11) is 0. The summed E-state index contributed by atoms with van der Waals surface area (Å²) in [6.45, 7) is 6.67. The molecule has 0 unspecified atom stereocenters. The Morgan fingerprint density at radius 3 is 2.33 bits per heavy atom. The summed E-state index contributed by atoms with van der Waals surface area (Å²) in [5.74, 6) is 1.97. The van der Waals surface area contributed by atoms with Crippen LogP contribution in [0.3, 0.4) is 0 Å². The lowest BCUT2D eigenvalue weighted by molar-refractivity contribution is 0.130. The first-order chi connectivity index (χ1) is 10.3. The molecule has 1 heterocycles. The van der Waals surface area contributed by atoms with E-state index in [1.165, 1.54) is 37.8 Å². The van der Waals surface area contributed by atoms with Crippen LogP contribution in [0.25, 0.3) is 0 Å². The van der Waals surface area contributed by atoms with Crippen LogP contribution in [-0.4, -0.2) is 32.3 Å². The van der Waals surface area contributed by atoms with E-state index < -0.39 is 0 Å². The third kappa shape index (κ3) is 3.91. The van der Waals surface area contributed by atoms with E-state index >= 15 is 0 Å². The van der Waals surface area contributed by atoms with Crippen LogP contribution in [0.1, 0.15) is 39.0 Å². The number of benzene rings is 1. The van der Waals surface area contributed by atoms with Gasteiger partial charge >= 0.3 is 0 Å². The molecule has 2 aliphatic rings. The first-order valence-electron chi connectivity index (χ1n) is 8.57. The van der Waals surface area contributed by atoms with Gasteiger partial charge in [-0.25, -0.2) is 0 Å². The van der Waals surface area contributed by atoms with Crippen LogP contribution in [0.5, 0.6) is 5.75 Å². The van der Waals surface area contributed by atoms with Gasteiger partial charge in [0, 0.05) is 31.9 Å². The lowest BCUT2D eigenvalue weighted by Crippen LogP contribution is -2.43. The molecule has 0 radical (unpaired) electrons. The van der Waals surface area contributed by atoms with Crippen LogP contribution in [0.15, 0.2) is 24.3 Å². The molecule has 0 amide bonds. The lowest BCUT2D eigenvalue weighted by Gasteiger charge is -2.30. The molecule has 0 spiro atoms. The summed E-state index contributed by atoms with van der Waals surface area (Å²) in [5.41, 5.74) is 1.32. The fourth-order valence-electron chi connectivity index (χ4n) is 3.51. The topological polar surface area (TPSA) is 24.5 Å². The highest BCUT2D eigenvalue weighted by Crippen LogP contribution is 2.30. The van der Waals surface area contributed by atoms with Crippen LogP contribution in [0, 0.1) is 5.92 Å². The maximum atomic E-state index is 6.16. The Kier molecular flexibility index (Phi) is 5.02. The molecule has 21 heavy (non-hydrogen) atoms. The van der Waals surface area contributed by atoms with E-state index in [0.29, 0.717) is 6.10 Å². The summed E-state index contributed by atoms with van der Waals surface area (Å²) >= 11 is 0. The zero-order chi connectivity index (χ0) is 14.5. The maximum Gasteiger partial charge on any atom is 0.119 e. The Balaban J connectivity index is 1.52. The van der Waals surface area contributed by atoms with Crippen molar-refractivity contribution in [3.63, 3.8) is 0 Å². The highest BCUT2D eigenvalue weighted by molar-refractivity contribution is 5.49. The normalized spacial score (nSPS) is 26.6. The molecular weight excluding hydrogens is 260 g/mol. The molecule has 1 aliphatic heterocycles. The molecule has 116 valence electrons. The molecule has 3 nitrogen and oxygen atoms in total. The monoisotopic (exact) mass is 288 g/mol. The Morgan fingerprint density at radius 2 is 1.71 bits per heavy atom. The van der Waals surface area contributed by atoms with Gasteiger partial charge in [-0.15, -0.1) is 0 Å². The minimum atomic E-state index is 0.429. The quantitative estimate of drug-likeness (QED) is 0.918. The van der Waals surface area contributed by atoms with Crippen LogP contribution >= 0.6 is 0 Å². The minimum Gasteiger partial charge on any atom is -0.490 e. The van der Waals surface area contributed by atoms with Gasteiger partial charge in [0.05, 0.1) is 6.10 Å². The first kappa shape index (κ1) is 14.7. The predicted octanol–water partition coefficient (Wildman–Crippen LogP) is 3.44. The number of nitrogens with one attached hydrogen (secondary N) is 1. The van der Waals surface area contributed by atoms with Gasteiger partial charge in [0.25, 0.3) is 0 Å². The van der Waals surface area contributed by atoms with Crippen molar-refractivity contribution in [3.05, 3.63) is 24.3 Å². The van der Waals surface area contributed by atoms with E-state index in [0.717, 1.165) is 37.8 Å². The second-order valence-corrected chi connectivity index (χ2v) is 6.40. The zero-order valence-electron chi connectivity index (χ0n) is 13.2. The van der Waals surface area contributed by atoms with Crippen LogP contribution in [0.2, 0.25) is 0 Å². The number of piperazine rings is 1. The van der Waals surface area contributed by atoms with Crippen molar-refractivity contribution >= 4 is 5.69 Å². The van der Waals surface area contributed by atoms with Gasteiger partial charge in [0.15, 0.2) is 0 Å². The van der Waals surface area contributed by atoms with E-state index in [4.69, 9.17) is 4.74 Å². The molecule has 3 rings (SSSR count). The standard InChI is InChI=1S/C18H28N2O/c1-2-15-3-7-17(8-4-15)21-18-9-5-16(6-10-18)20-13-11-19-12-14-20/h5-6,9-10,15,17,19H,2-4,7-8,11-14H2,1H3. The highest BCUT2D eigenvalue weighted by atomic mass is 16.5. The van der Waals surface area contributed by atoms with E-state index in [-0.39, 0.29) is 0 Å². The fraction of sp³-hybridized carbons (Fsp3) is 0.667. The molecular formula is C18H28N2O. The van der Waals surface area contributed by atoms with Gasteiger partial charge in [-0.3, -0.25) is 0 Å². The van der Waals surface area contributed by atoms with Gasteiger partial charge in [0.2, 0.25) is 0 Å². The van der Waals surface area contributed by atoms with E-state index in [2.05, 4.69) is 41.4 Å². The van der Waals surface area contributed by atoms with Crippen molar-refractivity contribution in [1.82, 2.24) is 5.32 Å². The Hall–Kier alpha value is -1.22. The van der Waals surface area contributed by atoms with Crippen molar-refractivity contribution in [2.45, 2.75) is 45.1 Å². The SMILES string of the molecule is CCC1CCC(Oc2ccc(N3CCNCC3)cc2)CC1. The molecule has 1 saturated heterocycles. The molecule has 0 atom stereocenters. The van der Waals surface area contributed by atoms with Crippen molar-refractivity contribution in [1.29, 1.82) is 0 Å². The van der Waals surface area contributed by atoms with Crippen molar-refractivity contribution in [3.8, 4) is 5.75 Å². The molecule has 2 fully saturated rings. The average molecular weight is 288 g/mol. The number of ether oxygens (including phenoxy) is 1. The largest absolute Gasteiger partial charge is 0.490 e. The van der Waals surface area contributed by atoms with E-state index in [9.17, 15) is 0 Å². The van der Waals surface area contributed by atoms with Crippen LogP contribution in [-0.2, 0) is 0 Å². The summed E-state index contributed by atoms with van der Waals surface area (Å²) in [6, 6.07) is 8.70. The molecule has 0 aromatic heterocycles. The summed E-state index contributed by atoms with van der Waals surface area (Å²) in [5, 5.41) is 3.39. The molecule has 1 N–H and O–H groups in total. The number of hydrogen-bond donors (Lipinski definition) is 1. The highest BCUT2D eigenvalue weighted by Gasteiger charge is 2.21. The summed E-state index contributed by atoms with van der Waals surface area (Å²) in [4.78, 5) is 2.44. The lowest BCUT2D eigenvalue weighted by atomic mass is 9.86. The number of rotatable bonds is 4. The molecule has 1 aromatic rings. The third-order valence-electron chi connectivity index (χ3n) is 4.99. The Morgan fingerprint density at radius 1 is 1.05 bits per heavy atom. The van der Waals surface area contributed by atoms with Crippen molar-refractivity contribution in [2.24, 2.45) is 5.92 Å². The molecule has 3 heteroatoms.